The van der Waals surface area contributed by atoms with E-state index in [1.54, 1.807) is 12.1 Å². The van der Waals surface area contributed by atoms with Gasteiger partial charge in [0.25, 0.3) is 5.91 Å². The van der Waals surface area contributed by atoms with Crippen LogP contribution in [0.2, 0.25) is 0 Å². The van der Waals surface area contributed by atoms with Gasteiger partial charge in [-0.1, -0.05) is 43.3 Å². The van der Waals surface area contributed by atoms with Crippen LogP contribution in [0.15, 0.2) is 53.3 Å². The lowest BCUT2D eigenvalue weighted by atomic mass is 9.64. The third-order valence-electron chi connectivity index (χ3n) is 7.80. The predicted molar refractivity (Wildman–Crippen MR) is 113 cm³/mol. The first-order valence-electron chi connectivity index (χ1n) is 10.8. The van der Waals surface area contributed by atoms with E-state index in [0.29, 0.717) is 17.8 Å². The molecule has 1 aromatic carbocycles. The number of aromatic amines is 1. The number of rotatable bonds is 3. The number of likely N-dealkylation sites (N-methyl/N-ethyl adjacent to an activating group) is 1. The summed E-state index contributed by atoms with van der Waals surface area (Å²) < 4.78 is 0. The van der Waals surface area contributed by atoms with Crippen LogP contribution in [0, 0.1) is 5.41 Å². The lowest BCUT2D eigenvalue weighted by Gasteiger charge is -2.53. The van der Waals surface area contributed by atoms with Gasteiger partial charge in [0.2, 0.25) is 5.56 Å². The summed E-state index contributed by atoms with van der Waals surface area (Å²) in [5, 5.41) is 0. The summed E-state index contributed by atoms with van der Waals surface area (Å²) in [7, 11) is 2.25. The predicted octanol–water partition coefficient (Wildman–Crippen LogP) is 3.07. The number of carbonyl (C=O) groups is 1. The molecule has 2 aliphatic heterocycles. The van der Waals surface area contributed by atoms with Gasteiger partial charge in [-0.15, -0.1) is 0 Å². The second-order valence-corrected chi connectivity index (χ2v) is 9.30. The minimum Gasteiger partial charge on any atom is -0.329 e. The molecule has 152 valence electrons. The van der Waals surface area contributed by atoms with Crippen molar-refractivity contribution in [1.82, 2.24) is 14.8 Å². The molecule has 5 heteroatoms. The zero-order valence-electron chi connectivity index (χ0n) is 17.2. The molecule has 0 unspecified atom stereocenters. The molecule has 1 aliphatic carbocycles. The highest BCUT2D eigenvalue weighted by molar-refractivity contribution is 5.93. The fraction of sp³-hybridized carbons (Fsp3) is 0.500. The van der Waals surface area contributed by atoms with Crippen molar-refractivity contribution in [3.8, 4) is 0 Å². The Morgan fingerprint density at radius 3 is 2.62 bits per heavy atom. The lowest BCUT2D eigenvalue weighted by Crippen LogP contribution is -2.62. The van der Waals surface area contributed by atoms with E-state index in [1.807, 2.05) is 6.07 Å². The minimum atomic E-state index is -0.222. The number of hydrogen-bond donors (Lipinski definition) is 1. The molecule has 2 saturated heterocycles. The third-order valence-corrected chi connectivity index (χ3v) is 7.80. The van der Waals surface area contributed by atoms with E-state index >= 15 is 0 Å². The van der Waals surface area contributed by atoms with Gasteiger partial charge < -0.3 is 9.88 Å². The Hall–Kier alpha value is -2.40. The molecule has 3 heterocycles. The molecule has 1 N–H and O–H groups in total. The fourth-order valence-corrected chi connectivity index (χ4v) is 6.53. The largest absolute Gasteiger partial charge is 0.329 e. The van der Waals surface area contributed by atoms with Gasteiger partial charge in [-0.25, -0.2) is 0 Å². The van der Waals surface area contributed by atoms with Crippen molar-refractivity contribution in [2.75, 3.05) is 7.05 Å². The van der Waals surface area contributed by atoms with Gasteiger partial charge in [0.05, 0.1) is 6.04 Å². The number of nitrogens with one attached hydrogen (secondary N) is 1. The number of amides is 1. The Morgan fingerprint density at radius 1 is 1.10 bits per heavy atom. The molecule has 5 rings (SSSR count). The number of hydrogen-bond acceptors (Lipinski definition) is 3. The molecule has 5 nitrogen and oxygen atoms in total. The van der Waals surface area contributed by atoms with Gasteiger partial charge in [-0.3, -0.25) is 14.5 Å². The number of pyridine rings is 1. The molecule has 1 saturated carbocycles. The van der Waals surface area contributed by atoms with Crippen LogP contribution in [0.1, 0.15) is 48.7 Å². The van der Waals surface area contributed by atoms with E-state index in [2.05, 4.69) is 53.0 Å². The van der Waals surface area contributed by atoms with Gasteiger partial charge in [-0.2, -0.15) is 0 Å². The standard InChI is InChI=1S/C24H29N3O2/c1-24-15-19-18(14-16-8-4-3-5-9-16)27(21(24)12-7-11-20(24)26(19)2)23(29)17-10-6-13-22(28)25-17/h3-6,8-10,13,18-21H,7,11-12,14-15H2,1-2H3,(H,25,28)/t18-,19-,20-,21+,24-/m0/s1. The Kier molecular flexibility index (Phi) is 4.39. The van der Waals surface area contributed by atoms with Gasteiger partial charge in [0, 0.05) is 29.6 Å². The number of H-pyrrole nitrogens is 1. The van der Waals surface area contributed by atoms with E-state index in [4.69, 9.17) is 0 Å². The van der Waals surface area contributed by atoms with Crippen LogP contribution in [0.25, 0.3) is 0 Å². The van der Waals surface area contributed by atoms with Crippen molar-refractivity contribution in [2.45, 2.75) is 63.2 Å². The molecular weight excluding hydrogens is 362 g/mol. The van der Waals surface area contributed by atoms with Crippen molar-refractivity contribution in [3.05, 3.63) is 70.1 Å². The van der Waals surface area contributed by atoms with Gasteiger partial charge in [0.15, 0.2) is 0 Å². The van der Waals surface area contributed by atoms with E-state index in [1.165, 1.54) is 18.1 Å². The van der Waals surface area contributed by atoms with Crippen molar-refractivity contribution < 1.29 is 4.79 Å². The summed E-state index contributed by atoms with van der Waals surface area (Å²) in [6.07, 6.45) is 5.39. The molecule has 1 aromatic heterocycles. The number of benzene rings is 1. The van der Waals surface area contributed by atoms with E-state index in [0.717, 1.165) is 25.7 Å². The molecular formula is C24H29N3O2. The number of likely N-dealkylation sites (tertiary alicyclic amines) is 2. The normalized spacial score (nSPS) is 33.7. The number of carbonyl (C=O) groups excluding carboxylic acids is 1. The highest BCUT2D eigenvalue weighted by atomic mass is 16.2. The molecule has 29 heavy (non-hydrogen) atoms. The quantitative estimate of drug-likeness (QED) is 0.875. The monoisotopic (exact) mass is 391 g/mol. The molecule has 0 spiro atoms. The van der Waals surface area contributed by atoms with E-state index < -0.39 is 0 Å². The van der Waals surface area contributed by atoms with Gasteiger partial charge >= 0.3 is 0 Å². The highest BCUT2D eigenvalue weighted by Crippen LogP contribution is 2.56. The smallest absolute Gasteiger partial charge is 0.270 e. The molecule has 2 bridgehead atoms. The number of aromatic nitrogens is 1. The van der Waals surface area contributed by atoms with Crippen LogP contribution in [0.4, 0.5) is 0 Å². The van der Waals surface area contributed by atoms with Gasteiger partial charge in [-0.05, 0) is 50.8 Å². The Bertz CT molecular complexity index is 971. The molecule has 3 fully saturated rings. The maximum Gasteiger partial charge on any atom is 0.270 e. The van der Waals surface area contributed by atoms with Crippen molar-refractivity contribution in [2.24, 2.45) is 5.41 Å². The van der Waals surface area contributed by atoms with Crippen molar-refractivity contribution in [1.29, 1.82) is 0 Å². The van der Waals surface area contributed by atoms with E-state index in [9.17, 15) is 9.59 Å². The first-order chi connectivity index (χ1) is 14.0. The highest BCUT2D eigenvalue weighted by Gasteiger charge is 2.62. The molecule has 1 amide bonds. The maximum absolute atomic E-state index is 13.8. The summed E-state index contributed by atoms with van der Waals surface area (Å²) in [6.45, 7) is 2.38. The summed E-state index contributed by atoms with van der Waals surface area (Å²) >= 11 is 0. The van der Waals surface area contributed by atoms with Crippen LogP contribution in [0.5, 0.6) is 0 Å². The van der Waals surface area contributed by atoms with Crippen LogP contribution in [-0.2, 0) is 6.42 Å². The Morgan fingerprint density at radius 2 is 1.86 bits per heavy atom. The average Bonchev–Trinajstić information content (AvgIpc) is 2.99. The number of piperidine rings is 1. The minimum absolute atomic E-state index is 0.0273. The molecule has 2 aromatic rings. The number of fused-ring (bicyclic) bond motifs is 1. The summed E-state index contributed by atoms with van der Waals surface area (Å²) in [6, 6.07) is 16.6. The summed E-state index contributed by atoms with van der Waals surface area (Å²) in [4.78, 5) is 33.1. The fourth-order valence-electron chi connectivity index (χ4n) is 6.53. The molecule has 0 radical (unpaired) electrons. The first-order valence-corrected chi connectivity index (χ1v) is 10.8. The van der Waals surface area contributed by atoms with E-state index in [-0.39, 0.29) is 29.0 Å². The van der Waals surface area contributed by atoms with Crippen molar-refractivity contribution >= 4 is 5.91 Å². The second-order valence-electron chi connectivity index (χ2n) is 9.30. The second kappa shape index (κ2) is 6.84. The number of nitrogens with zero attached hydrogens (tertiary/aromatic N) is 2. The molecule has 3 aliphatic rings. The first kappa shape index (κ1) is 18.6. The van der Waals surface area contributed by atoms with Crippen LogP contribution in [-0.4, -0.2) is 51.9 Å². The SMILES string of the molecule is CN1[C@H]2CCC[C@H]3N(C(=O)c4cccc(=O)[nH]4)[C@@H](Cc4ccccc4)[C@@H]1C[C@@]23C. The lowest BCUT2D eigenvalue weighted by molar-refractivity contribution is -0.0115. The van der Waals surface area contributed by atoms with Crippen LogP contribution in [0.3, 0.4) is 0 Å². The molecule has 5 atom stereocenters. The topological polar surface area (TPSA) is 56.4 Å². The van der Waals surface area contributed by atoms with Gasteiger partial charge in [0.1, 0.15) is 5.69 Å². The average molecular weight is 392 g/mol. The summed E-state index contributed by atoms with van der Waals surface area (Å²) in [5.41, 5.74) is 1.57. The zero-order chi connectivity index (χ0) is 20.2. The Labute approximate surface area is 171 Å². The van der Waals surface area contributed by atoms with Crippen molar-refractivity contribution in [3.63, 3.8) is 0 Å². The maximum atomic E-state index is 13.8. The Balaban J connectivity index is 1.60. The summed E-state index contributed by atoms with van der Waals surface area (Å²) in [5.74, 6) is -0.0273. The van der Waals surface area contributed by atoms with Crippen LogP contribution < -0.4 is 5.56 Å². The zero-order valence-corrected chi connectivity index (χ0v) is 17.2. The third kappa shape index (κ3) is 2.86. The van der Waals surface area contributed by atoms with Crippen LogP contribution >= 0.6 is 0 Å².